The second-order valence-corrected chi connectivity index (χ2v) is 5.80. The highest BCUT2D eigenvalue weighted by molar-refractivity contribution is 5.67. The van der Waals surface area contributed by atoms with E-state index in [1.165, 1.54) is 18.4 Å². The topological polar surface area (TPSA) is 49.8 Å². The molecule has 1 aromatic rings. The maximum atomic E-state index is 11.0. The second kappa shape index (κ2) is 7.46. The Morgan fingerprint density at radius 2 is 1.95 bits per heavy atom. The molecular formula is C17H25NO3. The number of aryl methyl sites for hydroxylation is 1. The van der Waals surface area contributed by atoms with Gasteiger partial charge in [0.2, 0.25) is 0 Å². The van der Waals surface area contributed by atoms with Gasteiger partial charge in [0.25, 0.3) is 0 Å². The number of benzene rings is 1. The van der Waals surface area contributed by atoms with Gasteiger partial charge in [-0.25, -0.2) is 0 Å². The average molecular weight is 291 g/mol. The first kappa shape index (κ1) is 15.8. The maximum Gasteiger partial charge on any atom is 0.305 e. The molecule has 2 rings (SSSR count). The van der Waals surface area contributed by atoms with Crippen LogP contribution in [0, 0.1) is 6.92 Å². The van der Waals surface area contributed by atoms with Crippen molar-refractivity contribution in [3.8, 4) is 0 Å². The normalized spacial score (nSPS) is 22.0. The predicted octanol–water partition coefficient (Wildman–Crippen LogP) is 3.23. The molecule has 4 heteroatoms. The smallest absolute Gasteiger partial charge is 0.305 e. The standard InChI is InChI=1S/C17H25NO3/c1-13-7-9-14(10-8-13)18(12-11-17(19)20)15-5-3-4-6-16(15)21-2/h7-10,15-16H,3-6,11-12H2,1-2H3,(H,19,20). The van der Waals surface area contributed by atoms with Gasteiger partial charge in [-0.3, -0.25) is 4.79 Å². The Morgan fingerprint density at radius 3 is 2.57 bits per heavy atom. The van der Waals surface area contributed by atoms with Crippen LogP contribution in [0.2, 0.25) is 0 Å². The second-order valence-electron chi connectivity index (χ2n) is 5.80. The van der Waals surface area contributed by atoms with Crippen molar-refractivity contribution in [2.24, 2.45) is 0 Å². The van der Waals surface area contributed by atoms with E-state index in [1.807, 2.05) is 0 Å². The quantitative estimate of drug-likeness (QED) is 0.874. The number of carboxylic acids is 1. The minimum absolute atomic E-state index is 0.154. The lowest BCUT2D eigenvalue weighted by atomic mass is 9.90. The Balaban J connectivity index is 2.21. The Kier molecular flexibility index (Phi) is 5.62. The highest BCUT2D eigenvalue weighted by Gasteiger charge is 2.30. The molecule has 0 radical (unpaired) electrons. The summed E-state index contributed by atoms with van der Waals surface area (Å²) in [6.45, 7) is 2.59. The summed E-state index contributed by atoms with van der Waals surface area (Å²) in [6, 6.07) is 8.59. The van der Waals surface area contributed by atoms with Crippen molar-refractivity contribution in [1.82, 2.24) is 0 Å². The lowest BCUT2D eigenvalue weighted by Crippen LogP contribution is -2.47. The minimum Gasteiger partial charge on any atom is -0.481 e. The zero-order valence-corrected chi connectivity index (χ0v) is 12.9. The number of ether oxygens (including phenoxy) is 1. The Labute approximate surface area is 126 Å². The van der Waals surface area contributed by atoms with Gasteiger partial charge < -0.3 is 14.7 Å². The molecular weight excluding hydrogens is 266 g/mol. The maximum absolute atomic E-state index is 11.0. The third kappa shape index (κ3) is 4.21. The molecule has 1 saturated carbocycles. The largest absolute Gasteiger partial charge is 0.481 e. The number of anilines is 1. The molecule has 2 unspecified atom stereocenters. The van der Waals surface area contributed by atoms with E-state index in [4.69, 9.17) is 9.84 Å². The summed E-state index contributed by atoms with van der Waals surface area (Å²) in [5.41, 5.74) is 2.31. The first-order valence-electron chi connectivity index (χ1n) is 7.69. The first-order valence-corrected chi connectivity index (χ1v) is 7.69. The molecule has 0 amide bonds. The van der Waals surface area contributed by atoms with Crippen LogP contribution in [0.5, 0.6) is 0 Å². The van der Waals surface area contributed by atoms with E-state index < -0.39 is 5.97 Å². The predicted molar refractivity (Wildman–Crippen MR) is 83.8 cm³/mol. The van der Waals surface area contributed by atoms with Crippen molar-refractivity contribution < 1.29 is 14.6 Å². The van der Waals surface area contributed by atoms with Crippen molar-refractivity contribution in [2.45, 2.75) is 51.2 Å². The van der Waals surface area contributed by atoms with E-state index in [0.717, 1.165) is 18.5 Å². The van der Waals surface area contributed by atoms with Crippen molar-refractivity contribution >= 4 is 11.7 Å². The van der Waals surface area contributed by atoms with Gasteiger partial charge in [-0.1, -0.05) is 30.5 Å². The zero-order valence-electron chi connectivity index (χ0n) is 12.9. The summed E-state index contributed by atoms with van der Waals surface area (Å²) in [5, 5.41) is 9.02. The van der Waals surface area contributed by atoms with Crippen molar-refractivity contribution in [3.05, 3.63) is 29.8 Å². The molecule has 0 bridgehead atoms. The zero-order chi connectivity index (χ0) is 15.2. The minimum atomic E-state index is -0.753. The van der Waals surface area contributed by atoms with Gasteiger partial charge in [0.15, 0.2) is 0 Å². The molecule has 0 heterocycles. The van der Waals surface area contributed by atoms with E-state index in [2.05, 4.69) is 36.1 Å². The third-order valence-corrected chi connectivity index (χ3v) is 4.30. The van der Waals surface area contributed by atoms with E-state index >= 15 is 0 Å². The van der Waals surface area contributed by atoms with Crippen LogP contribution in [-0.2, 0) is 9.53 Å². The van der Waals surface area contributed by atoms with Gasteiger partial charge in [-0.15, -0.1) is 0 Å². The van der Waals surface area contributed by atoms with Crippen molar-refractivity contribution in [2.75, 3.05) is 18.6 Å². The van der Waals surface area contributed by atoms with Crippen LogP contribution in [0.15, 0.2) is 24.3 Å². The molecule has 116 valence electrons. The molecule has 21 heavy (non-hydrogen) atoms. The summed E-state index contributed by atoms with van der Waals surface area (Å²) in [5.74, 6) is -0.753. The van der Waals surface area contributed by atoms with Gasteiger partial charge in [-0.05, 0) is 31.9 Å². The van der Waals surface area contributed by atoms with Crippen molar-refractivity contribution in [3.63, 3.8) is 0 Å². The third-order valence-electron chi connectivity index (χ3n) is 4.30. The average Bonchev–Trinajstić information content (AvgIpc) is 2.49. The van der Waals surface area contributed by atoms with Crippen LogP contribution >= 0.6 is 0 Å². The number of aliphatic carboxylic acids is 1. The van der Waals surface area contributed by atoms with E-state index in [-0.39, 0.29) is 18.6 Å². The Hall–Kier alpha value is -1.55. The monoisotopic (exact) mass is 291 g/mol. The summed E-state index contributed by atoms with van der Waals surface area (Å²) < 4.78 is 5.65. The van der Waals surface area contributed by atoms with E-state index in [9.17, 15) is 4.79 Å². The molecule has 4 nitrogen and oxygen atoms in total. The Bertz CT molecular complexity index is 458. The summed E-state index contributed by atoms with van der Waals surface area (Å²) in [4.78, 5) is 13.2. The Morgan fingerprint density at radius 1 is 1.29 bits per heavy atom. The molecule has 0 saturated heterocycles. The summed E-state index contributed by atoms with van der Waals surface area (Å²) in [6.07, 6.45) is 4.83. The lowest BCUT2D eigenvalue weighted by molar-refractivity contribution is -0.136. The van der Waals surface area contributed by atoms with Crippen LogP contribution in [0.3, 0.4) is 0 Å². The summed E-state index contributed by atoms with van der Waals surface area (Å²) >= 11 is 0. The molecule has 1 aliphatic rings. The van der Waals surface area contributed by atoms with E-state index in [1.54, 1.807) is 7.11 Å². The number of nitrogens with zero attached hydrogens (tertiary/aromatic N) is 1. The fourth-order valence-electron chi connectivity index (χ4n) is 3.15. The van der Waals surface area contributed by atoms with Crippen LogP contribution in [0.4, 0.5) is 5.69 Å². The number of rotatable bonds is 6. The van der Waals surface area contributed by atoms with Gasteiger partial charge in [0, 0.05) is 19.3 Å². The fraction of sp³-hybridized carbons (Fsp3) is 0.588. The first-order chi connectivity index (χ1) is 10.1. The summed E-state index contributed by atoms with van der Waals surface area (Å²) in [7, 11) is 1.76. The number of hydrogen-bond donors (Lipinski definition) is 1. The van der Waals surface area contributed by atoms with Gasteiger partial charge in [0.05, 0.1) is 18.6 Å². The number of hydrogen-bond acceptors (Lipinski definition) is 3. The van der Waals surface area contributed by atoms with Gasteiger partial charge in [-0.2, -0.15) is 0 Å². The molecule has 1 aromatic carbocycles. The molecule has 2 atom stereocenters. The molecule has 1 N–H and O–H groups in total. The highest BCUT2D eigenvalue weighted by atomic mass is 16.5. The molecule has 0 spiro atoms. The number of carboxylic acid groups (broad SMARTS) is 1. The molecule has 1 fully saturated rings. The lowest BCUT2D eigenvalue weighted by Gasteiger charge is -2.40. The molecule has 0 aliphatic heterocycles. The van der Waals surface area contributed by atoms with Gasteiger partial charge >= 0.3 is 5.97 Å². The molecule has 0 aromatic heterocycles. The van der Waals surface area contributed by atoms with E-state index in [0.29, 0.717) is 6.54 Å². The number of carbonyl (C=O) groups is 1. The highest BCUT2D eigenvalue weighted by Crippen LogP contribution is 2.29. The van der Waals surface area contributed by atoms with Crippen LogP contribution in [0.1, 0.15) is 37.7 Å². The molecule has 1 aliphatic carbocycles. The van der Waals surface area contributed by atoms with Gasteiger partial charge in [0.1, 0.15) is 0 Å². The fourth-order valence-corrected chi connectivity index (χ4v) is 3.15. The number of methoxy groups -OCH3 is 1. The SMILES string of the molecule is COC1CCCCC1N(CCC(=O)O)c1ccc(C)cc1. The van der Waals surface area contributed by atoms with Crippen LogP contribution in [-0.4, -0.2) is 36.9 Å². The van der Waals surface area contributed by atoms with Crippen LogP contribution in [0.25, 0.3) is 0 Å². The van der Waals surface area contributed by atoms with Crippen LogP contribution < -0.4 is 4.90 Å². The van der Waals surface area contributed by atoms with Crippen molar-refractivity contribution in [1.29, 1.82) is 0 Å².